The molecule has 0 aromatic rings. The zero-order valence-electron chi connectivity index (χ0n) is 28.5. The maximum atomic E-state index is 11.9. The molecule has 0 aromatic carbocycles. The van der Waals surface area contributed by atoms with Crippen LogP contribution in [-0.2, 0) is 9.59 Å². The fraction of sp³-hybridized carbons (Fsp3) is 0.947. The molecule has 2 unspecified atom stereocenters. The molecule has 0 bridgehead atoms. The fourth-order valence-corrected chi connectivity index (χ4v) is 6.46. The summed E-state index contributed by atoms with van der Waals surface area (Å²) in [6, 6.07) is 0. The summed E-state index contributed by atoms with van der Waals surface area (Å²) in [6.45, 7) is 4.54. The first-order valence-corrected chi connectivity index (χ1v) is 19.0. The molecule has 0 spiro atoms. The lowest BCUT2D eigenvalue weighted by Crippen LogP contribution is -2.30. The molecule has 4 nitrogen and oxygen atoms in total. The summed E-state index contributed by atoms with van der Waals surface area (Å²) in [4.78, 5) is 23.8. The molecule has 0 aliphatic heterocycles. The van der Waals surface area contributed by atoms with Crippen LogP contribution in [0.3, 0.4) is 0 Å². The van der Waals surface area contributed by atoms with Crippen LogP contribution in [0.25, 0.3) is 0 Å². The normalized spacial score (nSPS) is 12.9. The molecule has 0 radical (unpaired) electrons. The second-order valence-electron chi connectivity index (χ2n) is 13.4. The highest BCUT2D eigenvalue weighted by Gasteiger charge is 2.32. The van der Waals surface area contributed by atoms with Gasteiger partial charge in [-0.1, -0.05) is 206 Å². The number of carbonyl (C=O) groups is 2. The molecule has 0 fully saturated rings. The van der Waals surface area contributed by atoms with Crippen LogP contribution in [-0.4, -0.2) is 22.2 Å². The van der Waals surface area contributed by atoms with Gasteiger partial charge in [0, 0.05) is 0 Å². The Labute approximate surface area is 262 Å². The second-order valence-corrected chi connectivity index (χ2v) is 13.4. The molecule has 0 amide bonds. The SMILES string of the molecule is CCCCCCCCCCCCCCCCCCC(C(=O)O)C(CCCCCCCCCCCCCCCC)C(=O)O. The molecule has 0 rings (SSSR count). The zero-order chi connectivity index (χ0) is 30.9. The minimum absolute atomic E-state index is 0.503. The molecule has 0 heterocycles. The van der Waals surface area contributed by atoms with E-state index in [0.717, 1.165) is 38.5 Å². The van der Waals surface area contributed by atoms with Crippen LogP contribution in [0, 0.1) is 11.8 Å². The molecule has 0 aliphatic rings. The molecule has 0 saturated heterocycles. The van der Waals surface area contributed by atoms with Gasteiger partial charge in [-0.05, 0) is 12.8 Å². The van der Waals surface area contributed by atoms with Gasteiger partial charge in [0.1, 0.15) is 0 Å². The first-order chi connectivity index (χ1) is 20.5. The van der Waals surface area contributed by atoms with Crippen LogP contribution in [0.4, 0.5) is 0 Å². The van der Waals surface area contributed by atoms with E-state index >= 15 is 0 Å². The Morgan fingerprint density at radius 2 is 0.500 bits per heavy atom. The van der Waals surface area contributed by atoms with Crippen molar-refractivity contribution < 1.29 is 19.8 Å². The topological polar surface area (TPSA) is 74.6 Å². The van der Waals surface area contributed by atoms with Crippen molar-refractivity contribution in [1.29, 1.82) is 0 Å². The minimum atomic E-state index is -0.923. The number of unbranched alkanes of at least 4 members (excludes halogenated alkanes) is 28. The number of hydrogen-bond acceptors (Lipinski definition) is 2. The predicted octanol–water partition coefficient (Wildman–Crippen LogP) is 12.9. The van der Waals surface area contributed by atoms with Crippen molar-refractivity contribution in [2.45, 2.75) is 219 Å². The van der Waals surface area contributed by atoms with Gasteiger partial charge in [0.15, 0.2) is 0 Å². The summed E-state index contributed by atoms with van der Waals surface area (Å²) in [5, 5.41) is 19.5. The summed E-state index contributed by atoms with van der Waals surface area (Å²) >= 11 is 0. The molecule has 0 saturated carbocycles. The molecular formula is C38H74O4. The lowest BCUT2D eigenvalue weighted by Gasteiger charge is -2.20. The Balaban J connectivity index is 3.77. The predicted molar refractivity (Wildman–Crippen MR) is 181 cm³/mol. The van der Waals surface area contributed by atoms with Crippen molar-refractivity contribution in [2.24, 2.45) is 11.8 Å². The monoisotopic (exact) mass is 595 g/mol. The lowest BCUT2D eigenvalue weighted by atomic mass is 9.84. The van der Waals surface area contributed by atoms with E-state index in [1.807, 2.05) is 0 Å². The van der Waals surface area contributed by atoms with E-state index < -0.39 is 23.8 Å². The highest BCUT2D eigenvalue weighted by molar-refractivity contribution is 5.79. The van der Waals surface area contributed by atoms with Crippen LogP contribution in [0.15, 0.2) is 0 Å². The lowest BCUT2D eigenvalue weighted by molar-refractivity contribution is -0.154. The summed E-state index contributed by atoms with van der Waals surface area (Å²) in [5.41, 5.74) is 0. The Morgan fingerprint density at radius 1 is 0.333 bits per heavy atom. The Hall–Kier alpha value is -1.06. The molecule has 2 atom stereocenters. The molecule has 0 aliphatic carbocycles. The molecule has 4 heteroatoms. The van der Waals surface area contributed by atoms with Crippen LogP contribution >= 0.6 is 0 Å². The number of carboxylic acids is 2. The molecule has 0 aromatic heterocycles. The fourth-order valence-electron chi connectivity index (χ4n) is 6.46. The summed E-state index contributed by atoms with van der Waals surface area (Å²) in [6.07, 6.45) is 39.4. The van der Waals surface area contributed by atoms with Gasteiger partial charge in [0.2, 0.25) is 0 Å². The smallest absolute Gasteiger partial charge is 0.307 e. The Bertz CT molecular complexity index is 575. The van der Waals surface area contributed by atoms with Gasteiger partial charge in [-0.15, -0.1) is 0 Å². The first-order valence-electron chi connectivity index (χ1n) is 19.0. The third-order valence-electron chi connectivity index (χ3n) is 9.36. The standard InChI is InChI=1S/C38H74O4/c1-3-5-7-9-11-13-15-17-19-20-22-24-26-28-30-32-34-36(38(41)42)35(37(39)40)33-31-29-27-25-23-21-18-16-14-12-10-8-6-4-2/h35-36H,3-34H2,1-2H3,(H,39,40)(H,41,42). The van der Waals surface area contributed by atoms with Crippen molar-refractivity contribution in [1.82, 2.24) is 0 Å². The maximum absolute atomic E-state index is 11.9. The van der Waals surface area contributed by atoms with E-state index in [9.17, 15) is 19.8 Å². The van der Waals surface area contributed by atoms with Gasteiger partial charge in [-0.2, -0.15) is 0 Å². The number of carboxylic acid groups (broad SMARTS) is 2. The van der Waals surface area contributed by atoms with Gasteiger partial charge in [-0.25, -0.2) is 0 Å². The molecule has 42 heavy (non-hydrogen) atoms. The summed E-state index contributed by atoms with van der Waals surface area (Å²) < 4.78 is 0. The number of hydrogen-bond donors (Lipinski definition) is 2. The van der Waals surface area contributed by atoms with Crippen molar-refractivity contribution in [3.63, 3.8) is 0 Å². The number of aliphatic carboxylic acids is 2. The third kappa shape index (κ3) is 27.8. The van der Waals surface area contributed by atoms with Crippen LogP contribution in [0.2, 0.25) is 0 Å². The zero-order valence-corrected chi connectivity index (χ0v) is 28.5. The van der Waals surface area contributed by atoms with Gasteiger partial charge in [0.05, 0.1) is 11.8 Å². The van der Waals surface area contributed by atoms with Crippen molar-refractivity contribution in [2.75, 3.05) is 0 Å². The van der Waals surface area contributed by atoms with E-state index in [-0.39, 0.29) is 0 Å². The van der Waals surface area contributed by atoms with Crippen LogP contribution in [0.5, 0.6) is 0 Å². The van der Waals surface area contributed by atoms with Gasteiger partial charge >= 0.3 is 11.9 Å². The molecule has 250 valence electrons. The summed E-state index contributed by atoms with van der Waals surface area (Å²) in [7, 11) is 0. The first kappa shape index (κ1) is 40.9. The average molecular weight is 595 g/mol. The Morgan fingerprint density at radius 3 is 0.667 bits per heavy atom. The van der Waals surface area contributed by atoms with E-state index in [1.165, 1.54) is 154 Å². The van der Waals surface area contributed by atoms with Crippen molar-refractivity contribution in [3.05, 3.63) is 0 Å². The molecular weight excluding hydrogens is 520 g/mol. The summed E-state index contributed by atoms with van der Waals surface area (Å²) in [5.74, 6) is -3.32. The van der Waals surface area contributed by atoms with Crippen molar-refractivity contribution in [3.8, 4) is 0 Å². The van der Waals surface area contributed by atoms with Gasteiger partial charge in [0.25, 0.3) is 0 Å². The highest BCUT2D eigenvalue weighted by atomic mass is 16.4. The van der Waals surface area contributed by atoms with E-state index in [2.05, 4.69) is 13.8 Å². The molecule has 2 N–H and O–H groups in total. The minimum Gasteiger partial charge on any atom is -0.481 e. The van der Waals surface area contributed by atoms with E-state index in [0.29, 0.717) is 12.8 Å². The maximum Gasteiger partial charge on any atom is 0.307 e. The van der Waals surface area contributed by atoms with E-state index in [4.69, 9.17) is 0 Å². The number of rotatable bonds is 35. The largest absolute Gasteiger partial charge is 0.481 e. The second kappa shape index (κ2) is 32.8. The van der Waals surface area contributed by atoms with Crippen molar-refractivity contribution >= 4 is 11.9 Å². The Kier molecular flexibility index (Phi) is 32.0. The van der Waals surface area contributed by atoms with Gasteiger partial charge in [-0.3, -0.25) is 9.59 Å². The van der Waals surface area contributed by atoms with Crippen LogP contribution in [0.1, 0.15) is 219 Å². The average Bonchev–Trinajstić information content (AvgIpc) is 2.97. The van der Waals surface area contributed by atoms with Crippen LogP contribution < -0.4 is 0 Å². The van der Waals surface area contributed by atoms with E-state index in [1.54, 1.807) is 0 Å². The van der Waals surface area contributed by atoms with Gasteiger partial charge < -0.3 is 10.2 Å². The quantitative estimate of drug-likeness (QED) is 0.0716. The third-order valence-corrected chi connectivity index (χ3v) is 9.36. The highest BCUT2D eigenvalue weighted by Crippen LogP contribution is 2.26.